The molecule has 0 bridgehead atoms. The molecule has 0 amide bonds. The van der Waals surface area contributed by atoms with Gasteiger partial charge in [-0.3, -0.25) is 9.59 Å². The number of ether oxygens (including phenoxy) is 2. The molecule has 6 heteroatoms. The molecule has 36 heavy (non-hydrogen) atoms. The van der Waals surface area contributed by atoms with Crippen molar-refractivity contribution in [3.8, 4) is 22.6 Å². The minimum Gasteiger partial charge on any atom is -0.426 e. The van der Waals surface area contributed by atoms with Crippen molar-refractivity contribution in [1.29, 1.82) is 0 Å². The number of para-hydroxylation sites is 1. The Labute approximate surface area is 211 Å². The van der Waals surface area contributed by atoms with Crippen LogP contribution in [-0.4, -0.2) is 17.7 Å². The zero-order chi connectivity index (χ0) is 25.1. The van der Waals surface area contributed by atoms with Gasteiger partial charge in [-0.05, 0) is 35.4 Å². The molecule has 0 radical (unpaired) electrons. The maximum atomic E-state index is 13.6. The fourth-order valence-electron chi connectivity index (χ4n) is 3.88. The smallest absolute Gasteiger partial charge is 0.347 e. The quantitative estimate of drug-likeness (QED) is 0.146. The first-order valence-corrected chi connectivity index (χ1v) is 12.0. The van der Waals surface area contributed by atoms with Gasteiger partial charge in [0.2, 0.25) is 5.78 Å². The van der Waals surface area contributed by atoms with Crippen LogP contribution in [0.4, 0.5) is 0 Å². The predicted molar refractivity (Wildman–Crippen MR) is 140 cm³/mol. The van der Waals surface area contributed by atoms with E-state index < -0.39 is 11.9 Å². The standard InChI is InChI=1S/C30H20O5S/c1-19(31)34-25-13-7-5-11-23(25)30(33)35-28-24-12-6-8-14-26(24)36-29(28)27(32)22-17-15-21(16-18-22)20-9-3-2-4-10-20/h2-18H,1H3. The van der Waals surface area contributed by atoms with Crippen LogP contribution < -0.4 is 9.47 Å². The number of carbonyl (C=O) groups excluding carboxylic acids is 3. The molecule has 1 aromatic heterocycles. The van der Waals surface area contributed by atoms with Gasteiger partial charge in [0.1, 0.15) is 16.2 Å². The number of ketones is 1. The van der Waals surface area contributed by atoms with E-state index in [4.69, 9.17) is 9.47 Å². The highest BCUT2D eigenvalue weighted by Gasteiger charge is 2.25. The van der Waals surface area contributed by atoms with Gasteiger partial charge in [-0.1, -0.05) is 78.9 Å². The first-order chi connectivity index (χ1) is 17.5. The summed E-state index contributed by atoms with van der Waals surface area (Å²) in [4.78, 5) is 38.5. The molecule has 0 aliphatic rings. The van der Waals surface area contributed by atoms with E-state index in [1.165, 1.54) is 30.4 Å². The Morgan fingerprint density at radius 1 is 0.667 bits per heavy atom. The Bertz CT molecular complexity index is 1580. The summed E-state index contributed by atoms with van der Waals surface area (Å²) in [5.41, 5.74) is 2.63. The molecular weight excluding hydrogens is 472 g/mol. The molecule has 0 N–H and O–H groups in total. The van der Waals surface area contributed by atoms with E-state index in [1.54, 1.807) is 24.3 Å². The molecule has 4 aromatic carbocycles. The van der Waals surface area contributed by atoms with Crippen molar-refractivity contribution < 1.29 is 23.9 Å². The summed E-state index contributed by atoms with van der Waals surface area (Å²) in [5.74, 6) is -1.23. The molecule has 0 saturated carbocycles. The highest BCUT2D eigenvalue weighted by molar-refractivity contribution is 7.21. The molecule has 0 unspecified atom stereocenters. The maximum absolute atomic E-state index is 13.6. The second-order valence-electron chi connectivity index (χ2n) is 8.01. The number of carbonyl (C=O) groups is 3. The number of thiophene rings is 1. The van der Waals surface area contributed by atoms with Gasteiger partial charge in [0, 0.05) is 22.6 Å². The van der Waals surface area contributed by atoms with Gasteiger partial charge in [0.05, 0.1) is 0 Å². The highest BCUT2D eigenvalue weighted by atomic mass is 32.1. The summed E-state index contributed by atoms with van der Waals surface area (Å²) in [7, 11) is 0. The van der Waals surface area contributed by atoms with Crippen molar-refractivity contribution >= 4 is 39.1 Å². The fraction of sp³-hybridized carbons (Fsp3) is 0.0333. The number of hydrogen-bond acceptors (Lipinski definition) is 6. The molecule has 0 spiro atoms. The summed E-state index contributed by atoms with van der Waals surface area (Å²) >= 11 is 1.27. The van der Waals surface area contributed by atoms with Crippen LogP contribution in [0, 0.1) is 0 Å². The van der Waals surface area contributed by atoms with Crippen molar-refractivity contribution in [3.63, 3.8) is 0 Å². The maximum Gasteiger partial charge on any atom is 0.347 e. The number of rotatable bonds is 6. The van der Waals surface area contributed by atoms with Crippen molar-refractivity contribution in [2.45, 2.75) is 6.92 Å². The van der Waals surface area contributed by atoms with Crippen LogP contribution >= 0.6 is 11.3 Å². The third-order valence-electron chi connectivity index (χ3n) is 5.57. The van der Waals surface area contributed by atoms with Crippen molar-refractivity contribution in [1.82, 2.24) is 0 Å². The fourth-order valence-corrected chi connectivity index (χ4v) is 4.97. The highest BCUT2D eigenvalue weighted by Crippen LogP contribution is 2.40. The second kappa shape index (κ2) is 9.98. The molecule has 0 fully saturated rings. The van der Waals surface area contributed by atoms with Crippen LogP contribution in [0.2, 0.25) is 0 Å². The summed E-state index contributed by atoms with van der Waals surface area (Å²) in [6.45, 7) is 1.26. The first-order valence-electron chi connectivity index (χ1n) is 11.2. The molecular formula is C30H20O5S. The average molecular weight is 493 g/mol. The average Bonchev–Trinajstić information content (AvgIpc) is 3.27. The number of hydrogen-bond donors (Lipinski definition) is 0. The second-order valence-corrected chi connectivity index (χ2v) is 9.06. The van der Waals surface area contributed by atoms with E-state index in [1.807, 2.05) is 66.7 Å². The van der Waals surface area contributed by atoms with Crippen molar-refractivity contribution in [2.24, 2.45) is 0 Å². The van der Waals surface area contributed by atoms with Crippen LogP contribution in [-0.2, 0) is 4.79 Å². The third-order valence-corrected chi connectivity index (χ3v) is 6.72. The summed E-state index contributed by atoms with van der Waals surface area (Å²) in [5, 5.41) is 0.657. The molecule has 5 aromatic rings. The minimum absolute atomic E-state index is 0.0913. The van der Waals surface area contributed by atoms with E-state index in [0.29, 0.717) is 15.8 Å². The van der Waals surface area contributed by atoms with Crippen molar-refractivity contribution in [2.75, 3.05) is 0 Å². The van der Waals surface area contributed by atoms with Crippen LogP contribution in [0.3, 0.4) is 0 Å². The largest absolute Gasteiger partial charge is 0.426 e. The number of esters is 2. The lowest BCUT2D eigenvalue weighted by molar-refractivity contribution is -0.131. The van der Waals surface area contributed by atoms with Gasteiger partial charge in [0.25, 0.3) is 0 Å². The summed E-state index contributed by atoms with van der Waals surface area (Å²) in [6.07, 6.45) is 0. The lowest BCUT2D eigenvalue weighted by Crippen LogP contribution is -2.13. The third kappa shape index (κ3) is 4.67. The molecule has 5 rings (SSSR count). The van der Waals surface area contributed by atoms with Gasteiger partial charge in [-0.15, -0.1) is 11.3 Å². The minimum atomic E-state index is -0.719. The van der Waals surface area contributed by atoms with E-state index in [-0.39, 0.29) is 22.8 Å². The van der Waals surface area contributed by atoms with Gasteiger partial charge >= 0.3 is 11.9 Å². The predicted octanol–water partition coefficient (Wildman–Crippen LogP) is 6.94. The lowest BCUT2D eigenvalue weighted by atomic mass is 10.0. The van der Waals surface area contributed by atoms with Gasteiger partial charge in [-0.2, -0.15) is 0 Å². The molecule has 0 atom stereocenters. The van der Waals surface area contributed by atoms with Crippen LogP contribution in [0.25, 0.3) is 21.2 Å². The Morgan fingerprint density at radius 3 is 2.06 bits per heavy atom. The first kappa shape index (κ1) is 23.2. The lowest BCUT2D eigenvalue weighted by Gasteiger charge is -2.10. The number of benzene rings is 4. The normalized spacial score (nSPS) is 10.7. The zero-order valence-electron chi connectivity index (χ0n) is 19.3. The van der Waals surface area contributed by atoms with E-state index in [2.05, 4.69) is 0 Å². The van der Waals surface area contributed by atoms with E-state index >= 15 is 0 Å². The van der Waals surface area contributed by atoms with Crippen molar-refractivity contribution in [3.05, 3.63) is 119 Å². The van der Waals surface area contributed by atoms with Crippen LogP contribution in [0.15, 0.2) is 103 Å². The molecule has 0 aliphatic carbocycles. The Morgan fingerprint density at radius 2 is 1.31 bits per heavy atom. The molecule has 0 aliphatic heterocycles. The van der Waals surface area contributed by atoms with Crippen LogP contribution in [0.5, 0.6) is 11.5 Å². The van der Waals surface area contributed by atoms with Gasteiger partial charge in [0.15, 0.2) is 5.75 Å². The SMILES string of the molecule is CC(=O)Oc1ccccc1C(=O)Oc1c(C(=O)c2ccc(-c3ccccc3)cc2)sc2ccccc12. The topological polar surface area (TPSA) is 69.7 Å². The molecule has 176 valence electrons. The van der Waals surface area contributed by atoms with E-state index in [9.17, 15) is 14.4 Å². The Balaban J connectivity index is 1.51. The summed E-state index contributed by atoms with van der Waals surface area (Å²) in [6, 6.07) is 30.9. The van der Waals surface area contributed by atoms with E-state index in [0.717, 1.165) is 15.8 Å². The molecule has 1 heterocycles. The van der Waals surface area contributed by atoms with Gasteiger partial charge < -0.3 is 9.47 Å². The molecule has 5 nitrogen and oxygen atoms in total. The summed E-state index contributed by atoms with van der Waals surface area (Å²) < 4.78 is 11.8. The Kier molecular flexibility index (Phi) is 6.43. The number of fused-ring (bicyclic) bond motifs is 1. The zero-order valence-corrected chi connectivity index (χ0v) is 20.1. The monoisotopic (exact) mass is 492 g/mol. The van der Waals surface area contributed by atoms with Gasteiger partial charge in [-0.25, -0.2) is 4.79 Å². The Hall–Kier alpha value is -4.55. The molecule has 0 saturated heterocycles. The van der Waals surface area contributed by atoms with Crippen LogP contribution in [0.1, 0.15) is 32.5 Å².